The number of methoxy groups -OCH3 is 1. The molecule has 0 radical (unpaired) electrons. The first kappa shape index (κ1) is 19.8. The van der Waals surface area contributed by atoms with Crippen LogP contribution in [0.15, 0.2) is 34.8 Å². The van der Waals surface area contributed by atoms with Crippen molar-refractivity contribution in [3.8, 4) is 11.5 Å². The fraction of sp³-hybridized carbons (Fsp3) is 0.400. The molecule has 1 aliphatic rings. The van der Waals surface area contributed by atoms with Crippen molar-refractivity contribution in [1.29, 1.82) is 0 Å². The van der Waals surface area contributed by atoms with Gasteiger partial charge in [-0.05, 0) is 42.7 Å². The van der Waals surface area contributed by atoms with Crippen LogP contribution in [0.4, 0.5) is 0 Å². The molecule has 0 amide bonds. The van der Waals surface area contributed by atoms with Crippen LogP contribution < -0.4 is 14.8 Å². The van der Waals surface area contributed by atoms with E-state index in [9.17, 15) is 0 Å². The standard InChI is InChI=1S/C20H22BrCl2NO2/c1-25-19-9-7-16(21)15(11-24-14-4-2-3-5-14)20(19)26-12-13-6-8-17(22)18(23)10-13/h6-10,14,24H,2-5,11-12H2,1H3. The van der Waals surface area contributed by atoms with E-state index in [-0.39, 0.29) is 0 Å². The van der Waals surface area contributed by atoms with Gasteiger partial charge in [-0.2, -0.15) is 0 Å². The minimum atomic E-state index is 0.389. The largest absolute Gasteiger partial charge is 0.493 e. The zero-order valence-electron chi connectivity index (χ0n) is 14.7. The first-order valence-corrected chi connectivity index (χ1v) is 10.3. The Morgan fingerprint density at radius 1 is 1.12 bits per heavy atom. The highest BCUT2D eigenvalue weighted by Crippen LogP contribution is 2.37. The van der Waals surface area contributed by atoms with E-state index in [1.54, 1.807) is 13.2 Å². The van der Waals surface area contributed by atoms with E-state index in [0.717, 1.165) is 33.6 Å². The predicted octanol–water partition coefficient (Wildman–Crippen LogP) is 6.38. The second-order valence-corrected chi connectivity index (χ2v) is 8.13. The van der Waals surface area contributed by atoms with E-state index in [1.807, 2.05) is 24.3 Å². The molecule has 0 aromatic heterocycles. The molecular weight excluding hydrogens is 437 g/mol. The summed E-state index contributed by atoms with van der Waals surface area (Å²) in [4.78, 5) is 0. The Morgan fingerprint density at radius 3 is 2.58 bits per heavy atom. The third kappa shape index (κ3) is 4.86. The highest BCUT2D eigenvalue weighted by atomic mass is 79.9. The average molecular weight is 459 g/mol. The van der Waals surface area contributed by atoms with Crippen LogP contribution >= 0.6 is 39.1 Å². The van der Waals surface area contributed by atoms with E-state index in [0.29, 0.717) is 22.7 Å². The van der Waals surface area contributed by atoms with Gasteiger partial charge in [0.2, 0.25) is 0 Å². The van der Waals surface area contributed by atoms with E-state index >= 15 is 0 Å². The molecule has 1 saturated carbocycles. The van der Waals surface area contributed by atoms with Crippen LogP contribution in [-0.2, 0) is 13.2 Å². The van der Waals surface area contributed by atoms with E-state index < -0.39 is 0 Å². The maximum absolute atomic E-state index is 6.14. The van der Waals surface area contributed by atoms with Gasteiger partial charge in [-0.25, -0.2) is 0 Å². The quantitative estimate of drug-likeness (QED) is 0.522. The Bertz CT molecular complexity index is 764. The molecule has 140 valence electrons. The van der Waals surface area contributed by atoms with Gasteiger partial charge in [-0.3, -0.25) is 0 Å². The molecule has 1 fully saturated rings. The molecule has 0 aliphatic heterocycles. The van der Waals surface area contributed by atoms with Crippen molar-refractivity contribution in [1.82, 2.24) is 5.32 Å². The molecule has 0 unspecified atom stereocenters. The monoisotopic (exact) mass is 457 g/mol. The van der Waals surface area contributed by atoms with Crippen LogP contribution in [0.25, 0.3) is 0 Å². The van der Waals surface area contributed by atoms with Crippen LogP contribution in [0, 0.1) is 0 Å². The molecule has 1 aliphatic carbocycles. The van der Waals surface area contributed by atoms with Crippen LogP contribution in [0.1, 0.15) is 36.8 Å². The average Bonchev–Trinajstić information content (AvgIpc) is 3.15. The first-order valence-electron chi connectivity index (χ1n) is 8.74. The maximum atomic E-state index is 6.14. The number of hydrogen-bond acceptors (Lipinski definition) is 3. The predicted molar refractivity (Wildman–Crippen MR) is 111 cm³/mol. The smallest absolute Gasteiger partial charge is 0.167 e. The van der Waals surface area contributed by atoms with Crippen molar-refractivity contribution in [2.45, 2.75) is 44.9 Å². The lowest BCUT2D eigenvalue weighted by Crippen LogP contribution is -2.25. The summed E-state index contributed by atoms with van der Waals surface area (Å²) in [6, 6.07) is 10.0. The number of rotatable bonds is 7. The SMILES string of the molecule is COc1ccc(Br)c(CNC2CCCC2)c1OCc1ccc(Cl)c(Cl)c1. The van der Waals surface area contributed by atoms with Crippen molar-refractivity contribution in [2.75, 3.05) is 7.11 Å². The summed E-state index contributed by atoms with van der Waals surface area (Å²) in [6.07, 6.45) is 5.08. The normalized spacial score (nSPS) is 14.6. The van der Waals surface area contributed by atoms with Gasteiger partial charge in [0.1, 0.15) is 6.61 Å². The summed E-state index contributed by atoms with van der Waals surface area (Å²) in [5, 5.41) is 4.70. The third-order valence-electron chi connectivity index (χ3n) is 4.68. The molecule has 2 aromatic carbocycles. The lowest BCUT2D eigenvalue weighted by atomic mass is 10.1. The van der Waals surface area contributed by atoms with Crippen molar-refractivity contribution in [2.24, 2.45) is 0 Å². The fourth-order valence-electron chi connectivity index (χ4n) is 3.23. The van der Waals surface area contributed by atoms with Gasteiger partial charge in [0.05, 0.1) is 17.2 Å². The minimum Gasteiger partial charge on any atom is -0.493 e. The minimum absolute atomic E-state index is 0.389. The molecule has 0 bridgehead atoms. The molecule has 1 N–H and O–H groups in total. The molecule has 3 rings (SSSR count). The Hall–Kier alpha value is -0.940. The third-order valence-corrected chi connectivity index (χ3v) is 6.16. The number of halogens is 3. The van der Waals surface area contributed by atoms with Gasteiger partial charge in [0.15, 0.2) is 11.5 Å². The van der Waals surface area contributed by atoms with Crippen LogP contribution in [-0.4, -0.2) is 13.2 Å². The first-order chi connectivity index (χ1) is 12.6. The van der Waals surface area contributed by atoms with Crippen LogP contribution in [0.2, 0.25) is 10.0 Å². The molecule has 2 aromatic rings. The highest BCUT2D eigenvalue weighted by Gasteiger charge is 2.19. The fourth-order valence-corrected chi connectivity index (χ4v) is 4.00. The lowest BCUT2D eigenvalue weighted by molar-refractivity contribution is 0.280. The van der Waals surface area contributed by atoms with Crippen molar-refractivity contribution in [3.63, 3.8) is 0 Å². The summed E-state index contributed by atoms with van der Waals surface area (Å²) < 4.78 is 12.7. The summed E-state index contributed by atoms with van der Waals surface area (Å²) in [5.41, 5.74) is 2.02. The highest BCUT2D eigenvalue weighted by molar-refractivity contribution is 9.10. The maximum Gasteiger partial charge on any atom is 0.167 e. The van der Waals surface area contributed by atoms with Crippen molar-refractivity contribution in [3.05, 3.63) is 56.0 Å². The van der Waals surface area contributed by atoms with Crippen LogP contribution in [0.3, 0.4) is 0 Å². The summed E-state index contributed by atoms with van der Waals surface area (Å²) in [5.74, 6) is 1.47. The second kappa shape index (κ2) is 9.32. The Balaban J connectivity index is 1.78. The van der Waals surface area contributed by atoms with Crippen molar-refractivity contribution >= 4 is 39.1 Å². The second-order valence-electron chi connectivity index (χ2n) is 6.46. The summed E-state index contributed by atoms with van der Waals surface area (Å²) in [7, 11) is 1.66. The van der Waals surface area contributed by atoms with Gasteiger partial charge >= 0.3 is 0 Å². The zero-order chi connectivity index (χ0) is 18.5. The molecule has 3 nitrogen and oxygen atoms in total. The summed E-state index contributed by atoms with van der Waals surface area (Å²) in [6.45, 7) is 1.12. The lowest BCUT2D eigenvalue weighted by Gasteiger charge is -2.19. The van der Waals surface area contributed by atoms with E-state index in [2.05, 4.69) is 21.2 Å². The summed E-state index contributed by atoms with van der Waals surface area (Å²) >= 11 is 15.7. The van der Waals surface area contributed by atoms with Gasteiger partial charge < -0.3 is 14.8 Å². The molecule has 6 heteroatoms. The Morgan fingerprint density at radius 2 is 1.88 bits per heavy atom. The molecule has 0 spiro atoms. The molecule has 26 heavy (non-hydrogen) atoms. The number of benzene rings is 2. The van der Waals surface area contributed by atoms with Gasteiger partial charge in [0, 0.05) is 22.6 Å². The number of ether oxygens (including phenoxy) is 2. The van der Waals surface area contributed by atoms with Crippen molar-refractivity contribution < 1.29 is 9.47 Å². The molecule has 0 saturated heterocycles. The van der Waals surface area contributed by atoms with E-state index in [1.165, 1.54) is 25.7 Å². The van der Waals surface area contributed by atoms with Gasteiger partial charge in [-0.1, -0.05) is 58.0 Å². The Kier molecular flexibility index (Phi) is 7.10. The van der Waals surface area contributed by atoms with E-state index in [4.69, 9.17) is 32.7 Å². The van der Waals surface area contributed by atoms with Crippen LogP contribution in [0.5, 0.6) is 11.5 Å². The topological polar surface area (TPSA) is 30.5 Å². The zero-order valence-corrected chi connectivity index (χ0v) is 17.8. The van der Waals surface area contributed by atoms with Gasteiger partial charge in [-0.15, -0.1) is 0 Å². The molecule has 0 heterocycles. The Labute approximate surface area is 173 Å². The molecular formula is C20H22BrCl2NO2. The van der Waals surface area contributed by atoms with Gasteiger partial charge in [0.25, 0.3) is 0 Å². The number of nitrogens with one attached hydrogen (secondary N) is 1. The molecule has 0 atom stereocenters. The number of hydrogen-bond donors (Lipinski definition) is 1.